The first kappa shape index (κ1) is 15.0. The first-order valence-electron chi connectivity index (χ1n) is 6.23. The largest absolute Gasteiger partial charge is 0.273 e. The zero-order chi connectivity index (χ0) is 14.8. The summed E-state index contributed by atoms with van der Waals surface area (Å²) in [6.45, 7) is 4.48. The summed E-state index contributed by atoms with van der Waals surface area (Å²) in [5.41, 5.74) is 0.685. The summed E-state index contributed by atoms with van der Waals surface area (Å²) in [6, 6.07) is 7.45. The van der Waals surface area contributed by atoms with Crippen LogP contribution in [0.4, 0.5) is 0 Å². The minimum Gasteiger partial charge on any atom is -0.273 e. The van der Waals surface area contributed by atoms with Crippen LogP contribution in [0.2, 0.25) is 5.02 Å². The summed E-state index contributed by atoms with van der Waals surface area (Å²) in [7, 11) is -3.58. The van der Waals surface area contributed by atoms with E-state index in [-0.39, 0.29) is 4.90 Å². The maximum Gasteiger partial charge on any atom is 0.241 e. The fourth-order valence-corrected chi connectivity index (χ4v) is 3.10. The number of hydrogen-bond donors (Lipinski definition) is 1. The van der Waals surface area contributed by atoms with Crippen LogP contribution in [0.25, 0.3) is 0 Å². The summed E-state index contributed by atoms with van der Waals surface area (Å²) in [4.78, 5) is 0.184. The van der Waals surface area contributed by atoms with Gasteiger partial charge in [-0.2, -0.15) is 5.10 Å². The maximum absolute atomic E-state index is 12.2. The third-order valence-corrected chi connectivity index (χ3v) is 4.69. The van der Waals surface area contributed by atoms with Crippen molar-refractivity contribution in [2.75, 3.05) is 0 Å². The lowest BCUT2D eigenvalue weighted by Gasteiger charge is -2.12. The molecule has 5 nitrogen and oxygen atoms in total. The first-order valence-corrected chi connectivity index (χ1v) is 8.09. The molecule has 0 fully saturated rings. The number of rotatable bonds is 5. The molecule has 0 bridgehead atoms. The number of aryl methyl sites for hydroxylation is 1. The predicted octanol–water partition coefficient (Wildman–Crippen LogP) is 2.60. The fourth-order valence-electron chi connectivity index (χ4n) is 1.76. The highest BCUT2D eigenvalue weighted by molar-refractivity contribution is 7.89. The quantitative estimate of drug-likeness (QED) is 0.922. The van der Waals surface area contributed by atoms with Gasteiger partial charge in [-0.05, 0) is 44.2 Å². The number of sulfonamides is 1. The Morgan fingerprint density at radius 1 is 1.30 bits per heavy atom. The number of aromatic nitrogens is 2. The Hall–Kier alpha value is -1.37. The fraction of sp³-hybridized carbons (Fsp3) is 0.308. The van der Waals surface area contributed by atoms with E-state index in [0.717, 1.165) is 6.54 Å². The number of nitrogens with one attached hydrogen (secondary N) is 1. The summed E-state index contributed by atoms with van der Waals surface area (Å²) in [5.74, 6) is 0. The Bertz CT molecular complexity index is 680. The third kappa shape index (κ3) is 3.39. The van der Waals surface area contributed by atoms with Crippen molar-refractivity contribution in [2.45, 2.75) is 31.3 Å². The van der Waals surface area contributed by atoms with E-state index in [1.807, 2.05) is 13.1 Å². The van der Waals surface area contributed by atoms with E-state index < -0.39 is 16.1 Å². The molecule has 0 saturated carbocycles. The van der Waals surface area contributed by atoms with Crippen molar-refractivity contribution in [3.63, 3.8) is 0 Å². The van der Waals surface area contributed by atoms with Gasteiger partial charge in [0.1, 0.15) is 0 Å². The molecule has 0 aliphatic carbocycles. The van der Waals surface area contributed by atoms with Gasteiger partial charge in [0.2, 0.25) is 10.0 Å². The Morgan fingerprint density at radius 3 is 2.50 bits per heavy atom. The molecule has 0 unspecified atom stereocenters. The van der Waals surface area contributed by atoms with Gasteiger partial charge in [-0.3, -0.25) is 4.68 Å². The van der Waals surface area contributed by atoms with Crippen LogP contribution in [0.1, 0.15) is 25.6 Å². The van der Waals surface area contributed by atoms with Crippen LogP contribution in [0, 0.1) is 0 Å². The van der Waals surface area contributed by atoms with Crippen molar-refractivity contribution in [3.8, 4) is 0 Å². The maximum atomic E-state index is 12.2. The lowest BCUT2D eigenvalue weighted by atomic mass is 10.3. The van der Waals surface area contributed by atoms with Crippen molar-refractivity contribution < 1.29 is 8.42 Å². The van der Waals surface area contributed by atoms with Crippen molar-refractivity contribution >= 4 is 21.6 Å². The van der Waals surface area contributed by atoms with Crippen molar-refractivity contribution in [2.24, 2.45) is 0 Å². The number of halogens is 1. The minimum absolute atomic E-state index is 0.184. The standard InChI is InChI=1S/C13H16ClN3O2S/c1-3-17-9-8-13(15-17)10(2)16-20(18,19)12-6-4-11(14)5-7-12/h4-10,16H,3H2,1-2H3/t10-/m1/s1. The van der Waals surface area contributed by atoms with Gasteiger partial charge < -0.3 is 0 Å². The van der Waals surface area contributed by atoms with E-state index in [4.69, 9.17) is 11.6 Å². The summed E-state index contributed by atoms with van der Waals surface area (Å²) in [6.07, 6.45) is 1.82. The van der Waals surface area contributed by atoms with Crippen LogP contribution in [0.15, 0.2) is 41.4 Å². The van der Waals surface area contributed by atoms with Gasteiger partial charge in [0, 0.05) is 17.8 Å². The Labute approximate surface area is 123 Å². The van der Waals surface area contributed by atoms with Gasteiger partial charge in [0.15, 0.2) is 0 Å². The normalized spacial score (nSPS) is 13.3. The summed E-state index contributed by atoms with van der Waals surface area (Å²) < 4.78 is 28.8. The molecule has 0 radical (unpaired) electrons. The zero-order valence-electron chi connectivity index (χ0n) is 11.2. The monoisotopic (exact) mass is 313 g/mol. The van der Waals surface area contributed by atoms with Crippen LogP contribution in [-0.4, -0.2) is 18.2 Å². The van der Waals surface area contributed by atoms with Crippen LogP contribution in [-0.2, 0) is 16.6 Å². The van der Waals surface area contributed by atoms with Crippen molar-refractivity contribution in [1.82, 2.24) is 14.5 Å². The van der Waals surface area contributed by atoms with Gasteiger partial charge >= 0.3 is 0 Å². The van der Waals surface area contributed by atoms with Gasteiger partial charge in [-0.15, -0.1) is 0 Å². The molecule has 0 saturated heterocycles. The molecule has 0 amide bonds. The molecule has 0 spiro atoms. The molecule has 7 heteroatoms. The van der Waals surface area contributed by atoms with Gasteiger partial charge in [0.05, 0.1) is 16.6 Å². The summed E-state index contributed by atoms with van der Waals surface area (Å²) >= 11 is 5.75. The smallest absolute Gasteiger partial charge is 0.241 e. The molecule has 0 aliphatic rings. The topological polar surface area (TPSA) is 64.0 Å². The first-order chi connectivity index (χ1) is 9.42. The zero-order valence-corrected chi connectivity index (χ0v) is 12.8. The molecule has 1 N–H and O–H groups in total. The highest BCUT2D eigenvalue weighted by Crippen LogP contribution is 2.17. The van der Waals surface area contributed by atoms with E-state index >= 15 is 0 Å². The molecular formula is C13H16ClN3O2S. The second kappa shape index (κ2) is 5.95. The van der Waals surface area contributed by atoms with Crippen molar-refractivity contribution in [3.05, 3.63) is 47.2 Å². The molecule has 1 aromatic heterocycles. The average molecular weight is 314 g/mol. The molecule has 2 aromatic rings. The van der Waals surface area contributed by atoms with Crippen molar-refractivity contribution in [1.29, 1.82) is 0 Å². The molecule has 1 aromatic carbocycles. The highest BCUT2D eigenvalue weighted by atomic mass is 35.5. The molecule has 1 heterocycles. The SMILES string of the molecule is CCn1ccc([C@@H](C)NS(=O)(=O)c2ccc(Cl)cc2)n1. The summed E-state index contributed by atoms with van der Waals surface area (Å²) in [5, 5.41) is 4.79. The second-order valence-electron chi connectivity index (χ2n) is 4.39. The van der Waals surface area contributed by atoms with E-state index in [9.17, 15) is 8.42 Å². The Morgan fingerprint density at radius 2 is 1.95 bits per heavy atom. The average Bonchev–Trinajstić information content (AvgIpc) is 2.87. The lowest BCUT2D eigenvalue weighted by molar-refractivity contribution is 0.557. The highest BCUT2D eigenvalue weighted by Gasteiger charge is 2.19. The third-order valence-electron chi connectivity index (χ3n) is 2.88. The Kier molecular flexibility index (Phi) is 4.47. The van der Waals surface area contributed by atoms with Crippen LogP contribution < -0.4 is 4.72 Å². The number of hydrogen-bond acceptors (Lipinski definition) is 3. The van der Waals surface area contributed by atoms with Gasteiger partial charge in [-0.25, -0.2) is 13.1 Å². The lowest BCUT2D eigenvalue weighted by Crippen LogP contribution is -2.27. The van der Waals surface area contributed by atoms with Gasteiger partial charge in [0.25, 0.3) is 0 Å². The van der Waals surface area contributed by atoms with E-state index in [1.54, 1.807) is 29.8 Å². The molecule has 2 rings (SSSR count). The number of nitrogens with zero attached hydrogens (tertiary/aromatic N) is 2. The predicted molar refractivity (Wildman–Crippen MR) is 78.1 cm³/mol. The van der Waals surface area contributed by atoms with Crippen LogP contribution >= 0.6 is 11.6 Å². The van der Waals surface area contributed by atoms with E-state index in [1.165, 1.54) is 12.1 Å². The van der Waals surface area contributed by atoms with Crippen LogP contribution in [0.3, 0.4) is 0 Å². The Balaban J connectivity index is 2.17. The van der Waals surface area contributed by atoms with E-state index in [0.29, 0.717) is 10.7 Å². The van der Waals surface area contributed by atoms with E-state index in [2.05, 4.69) is 9.82 Å². The minimum atomic E-state index is -3.58. The number of benzene rings is 1. The molecular weight excluding hydrogens is 298 g/mol. The second-order valence-corrected chi connectivity index (χ2v) is 6.54. The molecule has 1 atom stereocenters. The van der Waals surface area contributed by atoms with Crippen LogP contribution in [0.5, 0.6) is 0 Å². The molecule has 0 aliphatic heterocycles. The van der Waals surface area contributed by atoms with Gasteiger partial charge in [-0.1, -0.05) is 11.6 Å². The molecule has 108 valence electrons. The molecule has 20 heavy (non-hydrogen) atoms.